The molecule has 3 N–H and O–H groups in total. The van der Waals surface area contributed by atoms with Gasteiger partial charge in [-0.15, -0.1) is 0 Å². The lowest BCUT2D eigenvalue weighted by Gasteiger charge is -2.30. The first-order valence-corrected chi connectivity index (χ1v) is 21.5. The van der Waals surface area contributed by atoms with E-state index in [0.29, 0.717) is 48.9 Å². The van der Waals surface area contributed by atoms with Crippen molar-refractivity contribution in [3.05, 3.63) is 52.3 Å². The number of rotatable bonds is 7. The summed E-state index contributed by atoms with van der Waals surface area (Å²) in [4.78, 5) is 48.8. The van der Waals surface area contributed by atoms with Crippen LogP contribution < -0.4 is 20.1 Å². The molecule has 0 bridgehead atoms. The number of nitrogens with one attached hydrogen (secondary N) is 3. The van der Waals surface area contributed by atoms with Crippen LogP contribution in [-0.4, -0.2) is 71.0 Å². The summed E-state index contributed by atoms with van der Waals surface area (Å²) in [6.45, 7) is 3.44. The predicted octanol–water partition coefficient (Wildman–Crippen LogP) is 6.91. The van der Waals surface area contributed by atoms with Crippen LogP contribution in [0.1, 0.15) is 83.6 Å². The van der Waals surface area contributed by atoms with Crippen LogP contribution in [0.25, 0.3) is 10.2 Å². The zero-order valence-electron chi connectivity index (χ0n) is 30.2. The number of hydrogen-bond donors (Lipinski definition) is 3. The van der Waals surface area contributed by atoms with Crippen molar-refractivity contribution in [1.82, 2.24) is 19.9 Å². The third-order valence-electron chi connectivity index (χ3n) is 11.5. The average Bonchev–Trinajstić information content (AvgIpc) is 3.94. The molecule has 2 aromatic carbocycles. The number of halogens is 5. The van der Waals surface area contributed by atoms with Crippen LogP contribution in [0.3, 0.4) is 0 Å². The molecule has 2 aliphatic heterocycles. The van der Waals surface area contributed by atoms with E-state index >= 15 is 0 Å². The molecule has 18 heteroatoms. The van der Waals surface area contributed by atoms with Crippen molar-refractivity contribution in [3.8, 4) is 5.19 Å². The van der Waals surface area contributed by atoms with E-state index in [9.17, 15) is 40.4 Å². The number of nitrogens with zero attached hydrogens (tertiary/aromatic N) is 2. The molecule has 298 valence electrons. The van der Waals surface area contributed by atoms with Crippen molar-refractivity contribution in [2.24, 2.45) is 11.8 Å². The molecule has 3 aromatic rings. The number of amides is 3. The monoisotopic (exact) mass is 871 g/mol. The summed E-state index contributed by atoms with van der Waals surface area (Å²) in [5.74, 6) is -3.65. The zero-order valence-corrected chi connectivity index (χ0v) is 33.4. The highest BCUT2D eigenvalue weighted by molar-refractivity contribution is 9.10. The molecular weight excluding hydrogens is 830 g/mol. The second-order valence-corrected chi connectivity index (χ2v) is 19.7. The van der Waals surface area contributed by atoms with E-state index in [1.54, 1.807) is 6.92 Å². The van der Waals surface area contributed by atoms with Gasteiger partial charge in [0.1, 0.15) is 29.5 Å². The van der Waals surface area contributed by atoms with Gasteiger partial charge in [0.15, 0.2) is 0 Å². The summed E-state index contributed by atoms with van der Waals surface area (Å²) in [5.41, 5.74) is -2.31. The maximum atomic E-state index is 14.6. The maximum absolute atomic E-state index is 14.6. The second kappa shape index (κ2) is 14.8. The molecule has 11 nitrogen and oxygen atoms in total. The highest BCUT2D eigenvalue weighted by atomic mass is 79.9. The van der Waals surface area contributed by atoms with Crippen LogP contribution in [-0.2, 0) is 30.6 Å². The summed E-state index contributed by atoms with van der Waals surface area (Å²) in [6, 6.07) is 5.18. The molecule has 6 atom stereocenters. The summed E-state index contributed by atoms with van der Waals surface area (Å²) in [7, 11) is -4.03. The Morgan fingerprint density at radius 1 is 1.09 bits per heavy atom. The Kier molecular flexibility index (Phi) is 10.7. The van der Waals surface area contributed by atoms with Crippen molar-refractivity contribution in [2.45, 2.75) is 113 Å². The number of alkyl halides is 3. The Hall–Kier alpha value is -3.51. The number of benzene rings is 2. The van der Waals surface area contributed by atoms with Crippen molar-refractivity contribution < 1.29 is 45.1 Å². The quantitative estimate of drug-likeness (QED) is 0.217. The molecule has 4 fully saturated rings. The van der Waals surface area contributed by atoms with Crippen LogP contribution >= 0.6 is 27.3 Å². The molecule has 2 aliphatic carbocycles. The summed E-state index contributed by atoms with van der Waals surface area (Å²) >= 11 is 4.72. The number of carbonyl (C=O) groups is 3. The lowest BCUT2D eigenvalue weighted by Crippen LogP contribution is -2.58. The molecular formula is C37H42BrF4N5O6S2. The van der Waals surface area contributed by atoms with Gasteiger partial charge in [0.25, 0.3) is 11.1 Å². The number of ether oxygens (including phenoxy) is 1. The van der Waals surface area contributed by atoms with Crippen molar-refractivity contribution >= 4 is 70.9 Å². The van der Waals surface area contributed by atoms with Gasteiger partial charge in [-0.25, -0.2) is 17.8 Å². The van der Waals surface area contributed by atoms with Crippen LogP contribution in [0.4, 0.5) is 23.2 Å². The molecule has 55 heavy (non-hydrogen) atoms. The molecule has 2 saturated heterocycles. The summed E-state index contributed by atoms with van der Waals surface area (Å²) in [5, 5.41) is 6.02. The van der Waals surface area contributed by atoms with Gasteiger partial charge in [-0.05, 0) is 80.8 Å². The Morgan fingerprint density at radius 3 is 2.53 bits per heavy atom. The lowest BCUT2D eigenvalue weighted by molar-refractivity contribution is -0.140. The van der Waals surface area contributed by atoms with Crippen LogP contribution in [0.15, 0.2) is 40.9 Å². The van der Waals surface area contributed by atoms with E-state index in [1.165, 1.54) is 16.2 Å². The minimum Gasteiger partial charge on any atom is -0.465 e. The number of hydrogen-bond acceptors (Lipinski definition) is 9. The Morgan fingerprint density at radius 2 is 1.82 bits per heavy atom. The predicted molar refractivity (Wildman–Crippen MR) is 201 cm³/mol. The normalized spacial score (nSPS) is 28.6. The minimum absolute atomic E-state index is 0.0175. The van der Waals surface area contributed by atoms with E-state index in [-0.39, 0.29) is 43.3 Å². The number of fused-ring (bicyclic) bond motifs is 3. The van der Waals surface area contributed by atoms with Gasteiger partial charge >= 0.3 is 6.18 Å². The van der Waals surface area contributed by atoms with E-state index in [0.717, 1.165) is 34.1 Å². The molecule has 0 spiro atoms. The fourth-order valence-corrected chi connectivity index (χ4v) is 10.6. The highest BCUT2D eigenvalue weighted by Crippen LogP contribution is 2.51. The molecule has 1 aromatic heterocycles. The number of sulfonamides is 1. The molecule has 0 radical (unpaired) electrons. The summed E-state index contributed by atoms with van der Waals surface area (Å²) < 4.78 is 90.9. The first-order chi connectivity index (χ1) is 25.9. The van der Waals surface area contributed by atoms with Gasteiger partial charge in [0, 0.05) is 16.6 Å². The van der Waals surface area contributed by atoms with E-state index < -0.39 is 73.8 Å². The van der Waals surface area contributed by atoms with Crippen LogP contribution in [0, 0.1) is 17.7 Å². The number of aromatic nitrogens is 1. The highest BCUT2D eigenvalue weighted by Gasteiger charge is 2.65. The second-order valence-electron chi connectivity index (χ2n) is 15.6. The minimum atomic E-state index is -4.83. The van der Waals surface area contributed by atoms with E-state index in [4.69, 9.17) is 4.74 Å². The van der Waals surface area contributed by atoms with Gasteiger partial charge in [-0.1, -0.05) is 66.3 Å². The standard InChI is InChI=1S/C37H42BrF4N5O6S2/c1-20-7-5-3-4-6-8-28(43-24-14-21(37(40,41)42)13-23(39)16-24)32(49)47-19-25(53-34-44-27-10-9-22(38)15-30(27)54-34)17-29(47)31(48)45-36(18-26(20)36)33(50)46-55(51,52)35(2)11-12-35/h9-10,13-16,20,25-26,28-29,43H,3-8,11-12,17-19H2,1-2H3,(H,45,48)(H,46,50)/t20?,25-,26+,28+,29+,36-/m1/s1. The summed E-state index contributed by atoms with van der Waals surface area (Å²) in [6.07, 6.45) is -0.969. The molecule has 1 unspecified atom stereocenters. The van der Waals surface area contributed by atoms with Gasteiger partial charge in [-0.3, -0.25) is 19.1 Å². The maximum Gasteiger partial charge on any atom is 0.416 e. The van der Waals surface area contributed by atoms with Crippen molar-refractivity contribution in [1.29, 1.82) is 0 Å². The molecule has 7 rings (SSSR count). The third kappa shape index (κ3) is 8.31. The molecule has 3 amide bonds. The van der Waals surface area contributed by atoms with E-state index in [1.807, 2.05) is 25.1 Å². The number of thiazole rings is 1. The van der Waals surface area contributed by atoms with Crippen LogP contribution in [0.5, 0.6) is 5.19 Å². The lowest BCUT2D eigenvalue weighted by atomic mass is 9.94. The fraction of sp³-hybridized carbons (Fsp3) is 0.568. The van der Waals surface area contributed by atoms with Crippen molar-refractivity contribution in [2.75, 3.05) is 11.9 Å². The molecule has 3 heterocycles. The van der Waals surface area contributed by atoms with Gasteiger partial charge < -0.3 is 20.3 Å². The smallest absolute Gasteiger partial charge is 0.416 e. The third-order valence-corrected chi connectivity index (χ3v) is 15.1. The fourth-order valence-electron chi connectivity index (χ4n) is 7.83. The Balaban J connectivity index is 1.21. The molecule has 2 saturated carbocycles. The van der Waals surface area contributed by atoms with Gasteiger partial charge in [0.2, 0.25) is 21.8 Å². The van der Waals surface area contributed by atoms with Crippen molar-refractivity contribution in [3.63, 3.8) is 0 Å². The zero-order chi connectivity index (χ0) is 39.5. The van der Waals surface area contributed by atoms with Gasteiger partial charge in [-0.2, -0.15) is 13.2 Å². The number of carbonyl (C=O) groups excluding carboxylic acids is 3. The largest absolute Gasteiger partial charge is 0.465 e. The van der Waals surface area contributed by atoms with Gasteiger partial charge in [0.05, 0.1) is 27.1 Å². The first kappa shape index (κ1) is 39.7. The van der Waals surface area contributed by atoms with E-state index in [2.05, 4.69) is 36.3 Å². The SMILES string of the molecule is CC1CCCCCC[C@H](Nc2cc(F)cc(C(F)(F)F)c2)C(=O)N2C[C@H](Oc3nc4ccc(Br)cc4s3)C[C@H]2C(=O)N[C@]2(C(=O)NS(=O)(=O)C3(C)CC3)C[C@@H]12. The topological polar surface area (TPSA) is 147 Å². The Labute approximate surface area is 328 Å². The van der Waals surface area contributed by atoms with Crippen LogP contribution in [0.2, 0.25) is 0 Å². The average molecular weight is 873 g/mol. The Bertz CT molecular complexity index is 2110. The molecule has 4 aliphatic rings. The first-order valence-electron chi connectivity index (χ1n) is 18.4. The number of anilines is 1.